The quantitative estimate of drug-likeness (QED) is 0.0974. The highest BCUT2D eigenvalue weighted by atomic mass is 31.2. The molecule has 0 bridgehead atoms. The van der Waals surface area contributed by atoms with E-state index < -0.39 is 7.82 Å². The van der Waals surface area contributed by atoms with Crippen LogP contribution in [0.1, 0.15) is 0 Å². The molecule has 1 rings (SSSR count). The molecular formula is C6H15N10O5P. The Morgan fingerprint density at radius 3 is 1.36 bits per heavy atom. The fraction of sp³-hybridized carbons (Fsp3) is 0. The Morgan fingerprint density at radius 2 is 1.27 bits per heavy atom. The molecule has 124 valence electrons. The van der Waals surface area contributed by atoms with Gasteiger partial charge in [0, 0.05) is 0 Å². The average Bonchev–Trinajstić information content (AvgIpc) is 2.27. The third kappa shape index (κ3) is 30.2. The van der Waals surface area contributed by atoms with Crippen molar-refractivity contribution in [1.82, 2.24) is 15.0 Å². The van der Waals surface area contributed by atoms with Crippen molar-refractivity contribution in [3.8, 4) is 6.19 Å². The van der Waals surface area contributed by atoms with E-state index in [1.54, 1.807) is 0 Å². The normalized spacial score (nSPS) is 8.27. The summed E-state index contributed by atoms with van der Waals surface area (Å²) in [5.74, 6) is -0.0718. The molecule has 15 nitrogen and oxygen atoms in total. The third-order valence-corrected chi connectivity index (χ3v) is 0.866. The first-order valence-corrected chi connectivity index (χ1v) is 6.09. The topological polar surface area (TPSA) is 300 Å². The van der Waals surface area contributed by atoms with Gasteiger partial charge in [-0.15, -0.1) is 4.99 Å². The van der Waals surface area contributed by atoms with E-state index in [1.807, 2.05) is 6.79 Å². The zero-order valence-electron chi connectivity index (χ0n) is 10.9. The number of carbonyl (C=O) groups is 1. The average molecular weight is 338 g/mol. The Labute approximate surface area is 123 Å². The summed E-state index contributed by atoms with van der Waals surface area (Å²) in [6.07, 6.45) is 1.41. The van der Waals surface area contributed by atoms with Crippen molar-refractivity contribution in [3.05, 3.63) is 0 Å². The van der Waals surface area contributed by atoms with Gasteiger partial charge in [-0.3, -0.25) is 0 Å². The molecule has 1 heterocycles. The largest absolute Gasteiger partial charge is 0.466 e. The van der Waals surface area contributed by atoms with Gasteiger partial charge in [-0.25, -0.2) is 4.57 Å². The SMILES string of the molecule is C=O.N#CN=C(N)N.Nc1nc(N)nc(N)n1.O=P(O)(O)O. The van der Waals surface area contributed by atoms with Crippen molar-refractivity contribution < 1.29 is 24.0 Å². The lowest BCUT2D eigenvalue weighted by Gasteiger charge is -1.93. The molecule has 0 aromatic carbocycles. The predicted molar refractivity (Wildman–Crippen MR) is 75.9 cm³/mol. The van der Waals surface area contributed by atoms with Crippen molar-refractivity contribution in [2.45, 2.75) is 0 Å². The summed E-state index contributed by atoms with van der Waals surface area (Å²) in [5, 5.41) is 7.64. The first kappa shape index (κ1) is 24.0. The van der Waals surface area contributed by atoms with Crippen molar-refractivity contribution in [3.63, 3.8) is 0 Å². The van der Waals surface area contributed by atoms with Gasteiger partial charge in [0.05, 0.1) is 0 Å². The first-order valence-electron chi connectivity index (χ1n) is 4.53. The molecule has 0 radical (unpaired) electrons. The number of carbonyl (C=O) groups excluding carboxylic acids is 1. The highest BCUT2D eigenvalue weighted by molar-refractivity contribution is 7.45. The molecule has 22 heavy (non-hydrogen) atoms. The molecule has 0 unspecified atom stereocenters. The summed E-state index contributed by atoms with van der Waals surface area (Å²) >= 11 is 0. The highest BCUT2D eigenvalue weighted by Crippen LogP contribution is 2.25. The Hall–Kier alpha value is -3.05. The van der Waals surface area contributed by atoms with Crippen LogP contribution in [0.15, 0.2) is 4.99 Å². The molecule has 0 spiro atoms. The maximum absolute atomic E-state index is 8.88. The number of aliphatic imine (C=N–C) groups is 1. The number of nitrogens with two attached hydrogens (primary N) is 5. The second-order valence-corrected chi connectivity index (χ2v) is 3.59. The van der Waals surface area contributed by atoms with Gasteiger partial charge < -0.3 is 48.1 Å². The fourth-order valence-corrected chi connectivity index (χ4v) is 0.485. The van der Waals surface area contributed by atoms with Gasteiger partial charge in [-0.05, 0) is 0 Å². The van der Waals surface area contributed by atoms with Crippen molar-refractivity contribution in [2.24, 2.45) is 16.5 Å². The van der Waals surface area contributed by atoms with Crippen LogP contribution in [0.2, 0.25) is 0 Å². The summed E-state index contributed by atoms with van der Waals surface area (Å²) in [6, 6.07) is 0. The zero-order valence-corrected chi connectivity index (χ0v) is 11.8. The number of anilines is 3. The van der Waals surface area contributed by atoms with Gasteiger partial charge in [-0.2, -0.15) is 20.2 Å². The maximum atomic E-state index is 8.88. The van der Waals surface area contributed by atoms with E-state index in [0.29, 0.717) is 0 Å². The number of nitriles is 1. The monoisotopic (exact) mass is 338 g/mol. The van der Waals surface area contributed by atoms with Crippen LogP contribution in [0, 0.1) is 11.5 Å². The molecule has 0 atom stereocenters. The molecule has 0 aliphatic rings. The highest BCUT2D eigenvalue weighted by Gasteiger charge is 2.00. The third-order valence-electron chi connectivity index (χ3n) is 0.866. The van der Waals surface area contributed by atoms with Gasteiger partial charge in [0.2, 0.25) is 30.0 Å². The number of aromatic nitrogens is 3. The van der Waals surface area contributed by atoms with Gasteiger partial charge in [0.25, 0.3) is 0 Å². The van der Waals surface area contributed by atoms with E-state index in [-0.39, 0.29) is 23.8 Å². The Balaban J connectivity index is -0.000000245. The molecule has 16 heteroatoms. The Kier molecular flexibility index (Phi) is 14.1. The molecule has 0 aliphatic heterocycles. The summed E-state index contributed by atoms with van der Waals surface area (Å²) in [4.78, 5) is 42.9. The minimum Gasteiger partial charge on any atom is -0.369 e. The lowest BCUT2D eigenvalue weighted by atomic mass is 10.9. The molecular weight excluding hydrogens is 323 g/mol. The van der Waals surface area contributed by atoms with E-state index >= 15 is 0 Å². The van der Waals surface area contributed by atoms with Crippen LogP contribution in [-0.2, 0) is 9.36 Å². The molecule has 0 saturated heterocycles. The van der Waals surface area contributed by atoms with E-state index in [1.165, 1.54) is 6.19 Å². The molecule has 0 aliphatic carbocycles. The molecule has 1 aromatic rings. The van der Waals surface area contributed by atoms with Gasteiger partial charge >= 0.3 is 7.82 Å². The minimum atomic E-state index is -4.64. The molecule has 0 fully saturated rings. The molecule has 13 N–H and O–H groups in total. The van der Waals surface area contributed by atoms with Gasteiger partial charge in [0.1, 0.15) is 6.79 Å². The van der Waals surface area contributed by atoms with E-state index in [4.69, 9.17) is 58.0 Å². The fourth-order valence-electron chi connectivity index (χ4n) is 0.485. The number of guanidine groups is 1. The number of nitrogen functional groups attached to an aromatic ring is 3. The predicted octanol–water partition coefficient (Wildman–Crippen LogP) is -3.75. The van der Waals surface area contributed by atoms with E-state index in [0.717, 1.165) is 0 Å². The number of phosphoric acid groups is 1. The Bertz CT molecular complexity index is 490. The number of hydrogen-bond donors (Lipinski definition) is 8. The van der Waals surface area contributed by atoms with Crippen LogP contribution in [0.5, 0.6) is 0 Å². The van der Waals surface area contributed by atoms with Crippen LogP contribution in [-0.4, -0.2) is 42.4 Å². The standard InChI is InChI=1S/C3H6N6.C2H4N4.CH2O.H3O4P/c4-1-7-2(5)9-3(6)8-1;3-1-6-2(4)5;1-2;1-5(2,3)4/h(H6,4,5,6,7,8,9);(H4,4,5,6);1H2;(H3,1,2,3,4). The number of rotatable bonds is 0. The van der Waals surface area contributed by atoms with Crippen LogP contribution < -0.4 is 28.7 Å². The molecule has 1 aromatic heterocycles. The second-order valence-electron chi connectivity index (χ2n) is 2.56. The first-order chi connectivity index (χ1) is 9.95. The summed E-state index contributed by atoms with van der Waals surface area (Å²) in [6.45, 7) is 2.00. The van der Waals surface area contributed by atoms with Gasteiger partial charge in [0.15, 0.2) is 0 Å². The summed E-state index contributed by atoms with van der Waals surface area (Å²) < 4.78 is 8.88. The van der Waals surface area contributed by atoms with Crippen LogP contribution in [0.3, 0.4) is 0 Å². The smallest absolute Gasteiger partial charge is 0.369 e. The van der Waals surface area contributed by atoms with Crippen molar-refractivity contribution >= 4 is 38.4 Å². The second kappa shape index (κ2) is 13.0. The number of nitrogens with zero attached hydrogens (tertiary/aromatic N) is 5. The summed E-state index contributed by atoms with van der Waals surface area (Å²) in [5.41, 5.74) is 24.8. The van der Waals surface area contributed by atoms with E-state index in [9.17, 15) is 0 Å². The van der Waals surface area contributed by atoms with Crippen LogP contribution >= 0.6 is 7.82 Å². The molecule has 0 amide bonds. The van der Waals surface area contributed by atoms with Crippen LogP contribution in [0.25, 0.3) is 0 Å². The summed E-state index contributed by atoms with van der Waals surface area (Å²) in [7, 11) is -4.64. The van der Waals surface area contributed by atoms with E-state index in [2.05, 4.69) is 19.9 Å². The van der Waals surface area contributed by atoms with Crippen LogP contribution in [0.4, 0.5) is 17.8 Å². The lowest BCUT2D eigenvalue weighted by Crippen LogP contribution is -2.21. The van der Waals surface area contributed by atoms with Crippen molar-refractivity contribution in [1.29, 1.82) is 5.26 Å². The number of hydrogen-bond acceptors (Lipinski definition) is 10. The molecule has 0 saturated carbocycles. The maximum Gasteiger partial charge on any atom is 0.466 e. The van der Waals surface area contributed by atoms with Crippen molar-refractivity contribution in [2.75, 3.05) is 17.2 Å². The minimum absolute atomic E-state index is 0.0417. The zero-order chi connectivity index (χ0) is 18.3. The lowest BCUT2D eigenvalue weighted by molar-refractivity contribution is -0.0980. The van der Waals surface area contributed by atoms with Gasteiger partial charge in [-0.1, -0.05) is 0 Å². The Morgan fingerprint density at radius 1 is 1.05 bits per heavy atom.